The number of anilines is 1. The van der Waals surface area contributed by atoms with E-state index < -0.39 is 4.92 Å². The molecule has 2 aromatic rings. The number of amides is 2. The lowest BCUT2D eigenvalue weighted by Crippen LogP contribution is -2.28. The predicted molar refractivity (Wildman–Crippen MR) is 92.8 cm³/mol. The van der Waals surface area contributed by atoms with Crippen molar-refractivity contribution in [3.05, 3.63) is 69.8 Å². The number of hydrogen-bond donors (Lipinski definition) is 2. The molecule has 2 rings (SSSR count). The maximum atomic E-state index is 11.9. The average Bonchev–Trinajstić information content (AvgIpc) is 2.54. The Labute approximate surface area is 140 Å². The van der Waals surface area contributed by atoms with Gasteiger partial charge in [0.25, 0.3) is 5.69 Å². The van der Waals surface area contributed by atoms with Crippen molar-refractivity contribution in [2.45, 2.75) is 13.1 Å². The van der Waals surface area contributed by atoms with E-state index in [9.17, 15) is 14.9 Å². The van der Waals surface area contributed by atoms with Gasteiger partial charge in [-0.1, -0.05) is 24.3 Å². The Bertz CT molecular complexity index is 697. The van der Waals surface area contributed by atoms with Gasteiger partial charge in [-0.25, -0.2) is 4.79 Å². The maximum absolute atomic E-state index is 11.9. The molecule has 0 heterocycles. The first-order valence-corrected chi connectivity index (χ1v) is 7.46. The van der Waals surface area contributed by atoms with Gasteiger partial charge in [0.15, 0.2) is 0 Å². The summed E-state index contributed by atoms with van der Waals surface area (Å²) in [4.78, 5) is 24.0. The van der Waals surface area contributed by atoms with Crippen LogP contribution in [0, 0.1) is 10.1 Å². The second-order valence-corrected chi connectivity index (χ2v) is 5.67. The fourth-order valence-electron chi connectivity index (χ4n) is 2.15. The van der Waals surface area contributed by atoms with Crippen LogP contribution in [0.4, 0.5) is 16.2 Å². The van der Waals surface area contributed by atoms with Gasteiger partial charge >= 0.3 is 6.03 Å². The number of carbonyl (C=O) groups excluding carboxylic acids is 1. The molecule has 24 heavy (non-hydrogen) atoms. The van der Waals surface area contributed by atoms with Crippen LogP contribution in [-0.2, 0) is 13.1 Å². The quantitative estimate of drug-likeness (QED) is 0.630. The highest BCUT2D eigenvalue weighted by Gasteiger charge is 2.06. The lowest BCUT2D eigenvalue weighted by molar-refractivity contribution is -0.384. The van der Waals surface area contributed by atoms with Crippen molar-refractivity contribution in [1.82, 2.24) is 10.2 Å². The van der Waals surface area contributed by atoms with Crippen LogP contribution in [-0.4, -0.2) is 29.9 Å². The van der Waals surface area contributed by atoms with Crippen molar-refractivity contribution in [1.29, 1.82) is 0 Å². The summed E-state index contributed by atoms with van der Waals surface area (Å²) >= 11 is 0. The van der Waals surface area contributed by atoms with Crippen LogP contribution < -0.4 is 10.6 Å². The highest BCUT2D eigenvalue weighted by Crippen LogP contribution is 2.15. The molecule has 2 amide bonds. The van der Waals surface area contributed by atoms with Crippen molar-refractivity contribution in [2.75, 3.05) is 19.4 Å². The number of carbonyl (C=O) groups is 1. The molecule has 7 heteroatoms. The number of benzene rings is 2. The van der Waals surface area contributed by atoms with Crippen LogP contribution in [0.1, 0.15) is 11.1 Å². The summed E-state index contributed by atoms with van der Waals surface area (Å²) in [5, 5.41) is 16.0. The minimum atomic E-state index is -0.482. The number of nitrogens with one attached hydrogen (secondary N) is 2. The molecule has 126 valence electrons. The molecule has 0 saturated carbocycles. The van der Waals surface area contributed by atoms with Gasteiger partial charge in [-0.15, -0.1) is 0 Å². The minimum Gasteiger partial charge on any atom is -0.334 e. The first kappa shape index (κ1) is 17.4. The third-order valence-corrected chi connectivity index (χ3v) is 3.31. The van der Waals surface area contributed by atoms with E-state index in [4.69, 9.17) is 0 Å². The summed E-state index contributed by atoms with van der Waals surface area (Å²) in [6, 6.07) is 13.3. The zero-order valence-corrected chi connectivity index (χ0v) is 13.7. The number of hydrogen-bond acceptors (Lipinski definition) is 4. The van der Waals surface area contributed by atoms with E-state index in [-0.39, 0.29) is 11.7 Å². The Morgan fingerprint density at radius 3 is 2.17 bits per heavy atom. The maximum Gasteiger partial charge on any atom is 0.319 e. The second kappa shape index (κ2) is 8.07. The predicted octanol–water partition coefficient (Wildman–Crippen LogP) is 2.98. The van der Waals surface area contributed by atoms with Crippen LogP contribution in [0.3, 0.4) is 0 Å². The molecule has 7 nitrogen and oxygen atoms in total. The second-order valence-electron chi connectivity index (χ2n) is 5.67. The molecule has 0 aliphatic carbocycles. The lowest BCUT2D eigenvalue weighted by atomic mass is 10.1. The molecule has 0 aliphatic heterocycles. The molecule has 0 aromatic heterocycles. The third kappa shape index (κ3) is 5.36. The van der Waals surface area contributed by atoms with E-state index in [2.05, 4.69) is 15.5 Å². The first-order chi connectivity index (χ1) is 11.4. The minimum absolute atomic E-state index is 0.0150. The fourth-order valence-corrected chi connectivity index (χ4v) is 2.15. The molecule has 0 aliphatic rings. The highest BCUT2D eigenvalue weighted by molar-refractivity contribution is 5.89. The number of nitro groups is 1. The Hall–Kier alpha value is -2.93. The van der Waals surface area contributed by atoms with Gasteiger partial charge in [-0.3, -0.25) is 10.1 Å². The zero-order chi connectivity index (χ0) is 17.5. The third-order valence-electron chi connectivity index (χ3n) is 3.31. The Morgan fingerprint density at radius 1 is 1.04 bits per heavy atom. The normalized spacial score (nSPS) is 10.5. The van der Waals surface area contributed by atoms with Gasteiger partial charge < -0.3 is 15.5 Å². The van der Waals surface area contributed by atoms with Crippen molar-refractivity contribution >= 4 is 17.4 Å². The van der Waals surface area contributed by atoms with E-state index in [1.165, 1.54) is 29.8 Å². The largest absolute Gasteiger partial charge is 0.334 e. The summed E-state index contributed by atoms with van der Waals surface area (Å²) in [5.41, 5.74) is 2.69. The summed E-state index contributed by atoms with van der Waals surface area (Å²) in [6.45, 7) is 1.27. The summed E-state index contributed by atoms with van der Waals surface area (Å²) in [7, 11) is 4.02. The van der Waals surface area contributed by atoms with Gasteiger partial charge in [-0.2, -0.15) is 0 Å². The van der Waals surface area contributed by atoms with Gasteiger partial charge in [-0.05, 0) is 37.4 Å². The summed E-state index contributed by atoms with van der Waals surface area (Å²) in [5.74, 6) is 0. The Balaban J connectivity index is 1.83. The average molecular weight is 328 g/mol. The molecule has 0 atom stereocenters. The monoisotopic (exact) mass is 328 g/mol. The molecular formula is C17H20N4O3. The van der Waals surface area contributed by atoms with Crippen LogP contribution >= 0.6 is 0 Å². The number of nitrogens with zero attached hydrogens (tertiary/aromatic N) is 2. The highest BCUT2D eigenvalue weighted by atomic mass is 16.6. The zero-order valence-electron chi connectivity index (χ0n) is 13.7. The van der Waals surface area contributed by atoms with Gasteiger partial charge in [0.1, 0.15) is 0 Å². The van der Waals surface area contributed by atoms with Crippen LogP contribution in [0.15, 0.2) is 48.5 Å². The molecule has 0 unspecified atom stereocenters. The molecular weight excluding hydrogens is 308 g/mol. The molecule has 0 bridgehead atoms. The molecule has 0 fully saturated rings. The van der Waals surface area contributed by atoms with Crippen LogP contribution in [0.25, 0.3) is 0 Å². The fraction of sp³-hybridized carbons (Fsp3) is 0.235. The van der Waals surface area contributed by atoms with E-state index >= 15 is 0 Å². The topological polar surface area (TPSA) is 87.5 Å². The lowest BCUT2D eigenvalue weighted by Gasteiger charge is -2.11. The molecule has 0 saturated heterocycles. The molecule has 2 N–H and O–H groups in total. The van der Waals surface area contributed by atoms with Gasteiger partial charge in [0.2, 0.25) is 0 Å². The smallest absolute Gasteiger partial charge is 0.319 e. The number of urea groups is 1. The first-order valence-electron chi connectivity index (χ1n) is 7.46. The van der Waals surface area contributed by atoms with E-state index in [0.717, 1.165) is 12.1 Å². The van der Waals surface area contributed by atoms with E-state index in [1.807, 2.05) is 38.4 Å². The molecule has 2 aromatic carbocycles. The van der Waals surface area contributed by atoms with Crippen LogP contribution in [0.2, 0.25) is 0 Å². The standard InChI is InChI=1S/C17H20N4O3/c1-20(2)12-14-5-3-13(4-6-14)11-18-17(22)19-15-7-9-16(10-8-15)21(23)24/h3-10H,11-12H2,1-2H3,(H2,18,19,22). The van der Waals surface area contributed by atoms with Crippen molar-refractivity contribution in [3.8, 4) is 0 Å². The number of nitro benzene ring substituents is 1. The number of rotatable bonds is 6. The van der Waals surface area contributed by atoms with E-state index in [1.54, 1.807) is 0 Å². The van der Waals surface area contributed by atoms with Gasteiger partial charge in [0, 0.05) is 30.9 Å². The van der Waals surface area contributed by atoms with Crippen molar-refractivity contribution < 1.29 is 9.72 Å². The SMILES string of the molecule is CN(C)Cc1ccc(CNC(=O)Nc2ccc([N+](=O)[O-])cc2)cc1. The molecule has 0 radical (unpaired) electrons. The van der Waals surface area contributed by atoms with Crippen molar-refractivity contribution in [2.24, 2.45) is 0 Å². The summed E-state index contributed by atoms with van der Waals surface area (Å²) < 4.78 is 0. The number of non-ortho nitro benzene ring substituents is 1. The molecule has 0 spiro atoms. The van der Waals surface area contributed by atoms with Crippen molar-refractivity contribution in [3.63, 3.8) is 0 Å². The Kier molecular flexibility index (Phi) is 5.86. The van der Waals surface area contributed by atoms with Crippen LogP contribution in [0.5, 0.6) is 0 Å². The van der Waals surface area contributed by atoms with E-state index in [0.29, 0.717) is 12.2 Å². The Morgan fingerprint density at radius 2 is 1.62 bits per heavy atom. The summed E-state index contributed by atoms with van der Waals surface area (Å²) in [6.07, 6.45) is 0. The van der Waals surface area contributed by atoms with Gasteiger partial charge in [0.05, 0.1) is 4.92 Å².